The van der Waals surface area contributed by atoms with Gasteiger partial charge in [0.15, 0.2) is 0 Å². The highest BCUT2D eigenvalue weighted by Gasteiger charge is 2.21. The van der Waals surface area contributed by atoms with E-state index >= 15 is 0 Å². The van der Waals surface area contributed by atoms with E-state index < -0.39 is 0 Å². The Morgan fingerprint density at radius 2 is 1.79 bits per heavy atom. The monoisotopic (exact) mass is 194 g/mol. The van der Waals surface area contributed by atoms with Crippen LogP contribution in [0.2, 0.25) is 0 Å². The number of piperidine rings is 1. The summed E-state index contributed by atoms with van der Waals surface area (Å²) in [5, 5.41) is 0. The summed E-state index contributed by atoms with van der Waals surface area (Å²) in [4.78, 5) is 2.66. The third kappa shape index (κ3) is 2.98. The normalized spacial score (nSPS) is 31.9. The van der Waals surface area contributed by atoms with E-state index in [1.165, 1.54) is 64.6 Å². The van der Waals surface area contributed by atoms with Crippen LogP contribution in [0.1, 0.15) is 44.9 Å². The van der Waals surface area contributed by atoms with Crippen molar-refractivity contribution in [1.82, 2.24) is 4.90 Å². The molecule has 1 heteroatoms. The molecule has 0 spiro atoms. The molecule has 2 aliphatic rings. The van der Waals surface area contributed by atoms with Gasteiger partial charge < -0.3 is 4.90 Å². The molecule has 1 nitrogen and oxygen atoms in total. The molecule has 1 aliphatic carbocycles. The summed E-state index contributed by atoms with van der Waals surface area (Å²) in [7, 11) is 0. The van der Waals surface area contributed by atoms with E-state index in [-0.39, 0.29) is 0 Å². The van der Waals surface area contributed by atoms with Crippen LogP contribution in [0, 0.1) is 18.8 Å². The van der Waals surface area contributed by atoms with Crippen LogP contribution in [0.4, 0.5) is 0 Å². The quantitative estimate of drug-likeness (QED) is 0.653. The van der Waals surface area contributed by atoms with Gasteiger partial charge in [-0.15, -0.1) is 0 Å². The van der Waals surface area contributed by atoms with Crippen molar-refractivity contribution in [1.29, 1.82) is 0 Å². The van der Waals surface area contributed by atoms with Gasteiger partial charge in [0, 0.05) is 13.1 Å². The smallest absolute Gasteiger partial charge is 0.000978 e. The van der Waals surface area contributed by atoms with Crippen LogP contribution < -0.4 is 0 Å². The first-order chi connectivity index (χ1) is 6.84. The minimum atomic E-state index is 0.701. The third-order valence-corrected chi connectivity index (χ3v) is 3.84. The molecule has 81 valence electrons. The average Bonchev–Trinajstić information content (AvgIpc) is 2.19. The second-order valence-electron chi connectivity index (χ2n) is 5.27. The fourth-order valence-corrected chi connectivity index (χ4v) is 3.05. The molecule has 1 heterocycles. The van der Waals surface area contributed by atoms with E-state index in [0.29, 0.717) is 5.92 Å². The van der Waals surface area contributed by atoms with Crippen molar-refractivity contribution in [2.75, 3.05) is 19.6 Å². The molecule has 1 aliphatic heterocycles. The Balaban J connectivity index is 1.72. The predicted molar refractivity (Wildman–Crippen MR) is 61.1 cm³/mol. The zero-order valence-electron chi connectivity index (χ0n) is 9.38. The number of hydrogen-bond acceptors (Lipinski definition) is 1. The third-order valence-electron chi connectivity index (χ3n) is 3.84. The summed E-state index contributed by atoms with van der Waals surface area (Å²) >= 11 is 0. The Morgan fingerprint density at radius 3 is 2.50 bits per heavy atom. The molecule has 2 rings (SSSR count). The Kier molecular flexibility index (Phi) is 3.86. The molecule has 1 saturated carbocycles. The van der Waals surface area contributed by atoms with Crippen LogP contribution >= 0.6 is 0 Å². The molecular formula is C13H24N. The van der Waals surface area contributed by atoms with E-state index in [4.69, 9.17) is 0 Å². The second kappa shape index (κ2) is 5.16. The highest BCUT2D eigenvalue weighted by atomic mass is 15.1. The van der Waals surface area contributed by atoms with Crippen molar-refractivity contribution < 1.29 is 0 Å². The Labute approximate surface area is 88.9 Å². The van der Waals surface area contributed by atoms with Crippen LogP contribution in [0.3, 0.4) is 0 Å². The standard InChI is InChI=1S/C13H24N/c1-12-6-5-9-14(10-12)11-13-7-3-2-4-8-13/h12-13H,1-11H2. The molecule has 1 unspecified atom stereocenters. The van der Waals surface area contributed by atoms with E-state index in [1.54, 1.807) is 0 Å². The maximum atomic E-state index is 4.20. The van der Waals surface area contributed by atoms with Gasteiger partial charge in [-0.25, -0.2) is 0 Å². The minimum Gasteiger partial charge on any atom is -0.303 e. The summed E-state index contributed by atoms with van der Waals surface area (Å²) in [6, 6.07) is 0. The van der Waals surface area contributed by atoms with Crippen LogP contribution in [0.15, 0.2) is 0 Å². The van der Waals surface area contributed by atoms with Gasteiger partial charge in [0.25, 0.3) is 0 Å². The molecule has 0 aromatic carbocycles. The molecule has 0 N–H and O–H groups in total. The van der Waals surface area contributed by atoms with Crippen LogP contribution in [0.5, 0.6) is 0 Å². The van der Waals surface area contributed by atoms with Crippen molar-refractivity contribution in [3.8, 4) is 0 Å². The number of likely N-dealkylation sites (tertiary alicyclic amines) is 1. The number of rotatable bonds is 2. The van der Waals surface area contributed by atoms with Gasteiger partial charge in [0.2, 0.25) is 0 Å². The van der Waals surface area contributed by atoms with Crippen molar-refractivity contribution in [2.45, 2.75) is 44.9 Å². The van der Waals surface area contributed by atoms with E-state index in [1.807, 2.05) is 0 Å². The van der Waals surface area contributed by atoms with Gasteiger partial charge in [-0.05, 0) is 51.0 Å². The largest absolute Gasteiger partial charge is 0.303 e. The van der Waals surface area contributed by atoms with Gasteiger partial charge in [0.1, 0.15) is 0 Å². The predicted octanol–water partition coefficient (Wildman–Crippen LogP) is 3.11. The van der Waals surface area contributed by atoms with Crippen molar-refractivity contribution in [3.05, 3.63) is 6.92 Å². The molecule has 14 heavy (non-hydrogen) atoms. The maximum absolute atomic E-state index is 4.20. The second-order valence-corrected chi connectivity index (χ2v) is 5.27. The minimum absolute atomic E-state index is 0.701. The lowest BCUT2D eigenvalue weighted by Crippen LogP contribution is -2.38. The van der Waals surface area contributed by atoms with E-state index in [9.17, 15) is 0 Å². The first-order valence-corrected chi connectivity index (χ1v) is 6.40. The van der Waals surface area contributed by atoms with Gasteiger partial charge in [-0.2, -0.15) is 0 Å². The van der Waals surface area contributed by atoms with Gasteiger partial charge >= 0.3 is 0 Å². The Bertz CT molecular complexity index is 161. The molecule has 0 aromatic heterocycles. The fourth-order valence-electron chi connectivity index (χ4n) is 3.05. The van der Waals surface area contributed by atoms with Crippen LogP contribution in [-0.2, 0) is 0 Å². The lowest BCUT2D eigenvalue weighted by atomic mass is 9.88. The van der Waals surface area contributed by atoms with Crippen molar-refractivity contribution in [3.63, 3.8) is 0 Å². The summed E-state index contributed by atoms with van der Waals surface area (Å²) in [5.74, 6) is 1.71. The van der Waals surface area contributed by atoms with Gasteiger partial charge in [-0.3, -0.25) is 0 Å². The van der Waals surface area contributed by atoms with Gasteiger partial charge in [-0.1, -0.05) is 19.3 Å². The van der Waals surface area contributed by atoms with E-state index in [0.717, 1.165) is 5.92 Å². The van der Waals surface area contributed by atoms with Crippen LogP contribution in [-0.4, -0.2) is 24.5 Å². The molecule has 0 aromatic rings. The topological polar surface area (TPSA) is 3.24 Å². The SMILES string of the molecule is [CH2]C1CCCN(CC2CCCCC2)C1. The molecule has 0 amide bonds. The van der Waals surface area contributed by atoms with Crippen LogP contribution in [0.25, 0.3) is 0 Å². The summed E-state index contributed by atoms with van der Waals surface area (Å²) in [6.45, 7) is 8.16. The zero-order chi connectivity index (χ0) is 9.80. The average molecular weight is 194 g/mol. The molecule has 1 atom stereocenters. The zero-order valence-corrected chi connectivity index (χ0v) is 9.38. The summed E-state index contributed by atoms with van der Waals surface area (Å²) in [5.41, 5.74) is 0. The molecular weight excluding hydrogens is 170 g/mol. The molecule has 0 bridgehead atoms. The first kappa shape index (κ1) is 10.5. The van der Waals surface area contributed by atoms with Gasteiger partial charge in [0.05, 0.1) is 0 Å². The number of nitrogens with zero attached hydrogens (tertiary/aromatic N) is 1. The Morgan fingerprint density at radius 1 is 1.00 bits per heavy atom. The molecule has 1 radical (unpaired) electrons. The number of hydrogen-bond donors (Lipinski definition) is 0. The van der Waals surface area contributed by atoms with Crippen molar-refractivity contribution >= 4 is 0 Å². The summed E-state index contributed by atoms with van der Waals surface area (Å²) in [6.07, 6.45) is 10.1. The Hall–Kier alpha value is -0.0400. The molecule has 2 fully saturated rings. The lowest BCUT2D eigenvalue weighted by molar-refractivity contribution is 0.152. The van der Waals surface area contributed by atoms with E-state index in [2.05, 4.69) is 11.8 Å². The first-order valence-electron chi connectivity index (χ1n) is 6.40. The maximum Gasteiger partial charge on any atom is 0.000978 e. The highest BCUT2D eigenvalue weighted by Crippen LogP contribution is 2.26. The highest BCUT2D eigenvalue weighted by molar-refractivity contribution is 4.77. The molecule has 1 saturated heterocycles. The fraction of sp³-hybridized carbons (Fsp3) is 0.923. The van der Waals surface area contributed by atoms with Crippen molar-refractivity contribution in [2.24, 2.45) is 11.8 Å². The summed E-state index contributed by atoms with van der Waals surface area (Å²) < 4.78 is 0. The lowest BCUT2D eigenvalue weighted by Gasteiger charge is -2.34.